The van der Waals surface area contributed by atoms with Crippen molar-refractivity contribution in [2.24, 2.45) is 16.0 Å². The Morgan fingerprint density at radius 1 is 1.13 bits per heavy atom. The molecule has 3 heterocycles. The number of aromatic nitrogens is 2. The minimum Gasteiger partial charge on any atom is -0.493 e. The van der Waals surface area contributed by atoms with Gasteiger partial charge in [-0.1, -0.05) is 13.8 Å². The number of fused-ring (bicyclic) bond motifs is 6. The molecule has 3 aromatic rings. The first-order valence-electron chi connectivity index (χ1n) is 12.0. The van der Waals surface area contributed by atoms with Gasteiger partial charge in [0.05, 0.1) is 40.9 Å². The number of pyridine rings is 2. The van der Waals surface area contributed by atoms with Gasteiger partial charge in [0.1, 0.15) is 29.0 Å². The van der Waals surface area contributed by atoms with E-state index in [-0.39, 0.29) is 47.9 Å². The van der Waals surface area contributed by atoms with Gasteiger partial charge in [-0.3, -0.25) is 4.79 Å². The van der Waals surface area contributed by atoms with Crippen LogP contribution in [0.4, 0.5) is 20.4 Å². The Bertz CT molecular complexity index is 1470. The van der Waals surface area contributed by atoms with Crippen LogP contribution in [0, 0.1) is 17.6 Å². The van der Waals surface area contributed by atoms with Crippen molar-refractivity contribution in [1.29, 1.82) is 0 Å². The van der Waals surface area contributed by atoms with Crippen molar-refractivity contribution in [3.05, 3.63) is 59.8 Å². The van der Waals surface area contributed by atoms with Crippen LogP contribution in [0.5, 0.6) is 11.6 Å². The summed E-state index contributed by atoms with van der Waals surface area (Å²) < 4.78 is 57.3. The van der Waals surface area contributed by atoms with E-state index in [1.165, 1.54) is 30.5 Å². The SMILES string of the molecule is CC(C)[C@H](N)C(=O)N=[S@@](C)(=O)Cc1cc2nc(c1)OCCCOc1cc(F)ccc1-c1cc(ncc1F)N2. The first kappa shape index (κ1) is 27.4. The van der Waals surface area contributed by atoms with Crippen molar-refractivity contribution in [3.8, 4) is 22.8 Å². The number of ether oxygens (including phenoxy) is 2. The summed E-state index contributed by atoms with van der Waals surface area (Å²) in [5, 5.41) is 3.01. The standard InChI is InChI=1S/C26H29F2N5O4S/c1-15(2)25(29)26(34)33-38(3,35)14-16-9-23-31-22-12-19(20(28)13-30-22)18-6-5-17(27)11-21(18)36-7-4-8-37-24(10-16)32-23/h5-6,9-13,15,25H,4,7-8,14,29H2,1-3H3,(H,30,31,32)/t25-,38-/m0/s1. The second-order valence-corrected chi connectivity index (χ2v) is 11.8. The number of carbonyl (C=O) groups is 1. The van der Waals surface area contributed by atoms with Crippen molar-refractivity contribution >= 4 is 27.3 Å². The van der Waals surface area contributed by atoms with E-state index in [1.54, 1.807) is 26.0 Å². The topological polar surface area (TPSA) is 129 Å². The van der Waals surface area contributed by atoms with Crippen LogP contribution in [0.2, 0.25) is 0 Å². The molecule has 0 radical (unpaired) electrons. The van der Waals surface area contributed by atoms with E-state index in [1.807, 2.05) is 0 Å². The smallest absolute Gasteiger partial charge is 0.270 e. The monoisotopic (exact) mass is 545 g/mol. The quantitative estimate of drug-likeness (QED) is 0.493. The van der Waals surface area contributed by atoms with Gasteiger partial charge >= 0.3 is 0 Å². The summed E-state index contributed by atoms with van der Waals surface area (Å²) in [7, 11) is -2.97. The van der Waals surface area contributed by atoms with Gasteiger partial charge in [0.15, 0.2) is 0 Å². The Kier molecular flexibility index (Phi) is 8.22. The third kappa shape index (κ3) is 6.81. The normalized spacial score (nSPS) is 15.6. The summed E-state index contributed by atoms with van der Waals surface area (Å²) in [6.07, 6.45) is 2.86. The number of nitrogens with zero attached hydrogens (tertiary/aromatic N) is 3. The number of hydrogen-bond donors (Lipinski definition) is 2. The van der Waals surface area contributed by atoms with E-state index in [4.69, 9.17) is 15.2 Å². The molecule has 4 bridgehead atoms. The number of nitrogens with one attached hydrogen (secondary N) is 1. The second kappa shape index (κ2) is 11.4. The lowest BCUT2D eigenvalue weighted by molar-refractivity contribution is -0.119. The molecule has 9 nitrogen and oxygen atoms in total. The van der Waals surface area contributed by atoms with Crippen molar-refractivity contribution in [2.45, 2.75) is 32.1 Å². The first-order valence-corrected chi connectivity index (χ1v) is 14.1. The third-order valence-electron chi connectivity index (χ3n) is 5.72. The first-order chi connectivity index (χ1) is 18.0. The number of anilines is 2. The van der Waals surface area contributed by atoms with Crippen molar-refractivity contribution in [1.82, 2.24) is 9.97 Å². The lowest BCUT2D eigenvalue weighted by atomic mass is 10.0. The van der Waals surface area contributed by atoms with Crippen molar-refractivity contribution in [2.75, 3.05) is 24.8 Å². The average Bonchev–Trinajstić information content (AvgIpc) is 2.83. The minimum atomic E-state index is -2.97. The zero-order valence-electron chi connectivity index (χ0n) is 21.2. The second-order valence-electron chi connectivity index (χ2n) is 9.37. The zero-order chi connectivity index (χ0) is 27.4. The highest BCUT2D eigenvalue weighted by Gasteiger charge is 2.20. The summed E-state index contributed by atoms with van der Waals surface area (Å²) in [4.78, 5) is 20.9. The number of amides is 1. The summed E-state index contributed by atoms with van der Waals surface area (Å²) in [6.45, 7) is 3.97. The number of carbonyl (C=O) groups excluding carboxylic acids is 1. The summed E-state index contributed by atoms with van der Waals surface area (Å²) in [5.74, 6) is -0.945. The lowest BCUT2D eigenvalue weighted by Gasteiger charge is -2.16. The Morgan fingerprint density at radius 3 is 2.66 bits per heavy atom. The third-order valence-corrected chi connectivity index (χ3v) is 7.16. The van der Waals surface area contributed by atoms with Crippen molar-refractivity contribution < 1.29 is 27.3 Å². The molecule has 2 atom stereocenters. The molecule has 1 aromatic carbocycles. The summed E-state index contributed by atoms with van der Waals surface area (Å²) in [5.41, 5.74) is 6.95. The van der Waals surface area contributed by atoms with Crippen LogP contribution in [0.25, 0.3) is 11.1 Å². The van der Waals surface area contributed by atoms with Crippen LogP contribution in [0.15, 0.2) is 47.0 Å². The molecule has 1 amide bonds. The maximum atomic E-state index is 14.8. The highest BCUT2D eigenvalue weighted by Crippen LogP contribution is 2.34. The number of rotatable bonds is 4. The molecule has 3 N–H and O–H groups in total. The van der Waals surface area contributed by atoms with Crippen LogP contribution in [0.3, 0.4) is 0 Å². The number of halogens is 2. The van der Waals surface area contributed by atoms with E-state index >= 15 is 0 Å². The Balaban J connectivity index is 1.71. The van der Waals surface area contributed by atoms with E-state index in [2.05, 4.69) is 19.6 Å². The number of hydrogen-bond acceptors (Lipinski definition) is 8. The molecule has 1 aliphatic heterocycles. The van der Waals surface area contributed by atoms with E-state index in [0.29, 0.717) is 23.4 Å². The van der Waals surface area contributed by atoms with Crippen LogP contribution >= 0.6 is 0 Å². The molecular weight excluding hydrogens is 516 g/mol. The fraction of sp³-hybridized carbons (Fsp3) is 0.346. The minimum absolute atomic E-state index is 0.0543. The van der Waals surface area contributed by atoms with E-state index in [9.17, 15) is 17.8 Å². The number of benzene rings is 1. The highest BCUT2D eigenvalue weighted by atomic mass is 32.2. The van der Waals surface area contributed by atoms with Crippen LogP contribution in [-0.4, -0.2) is 45.6 Å². The van der Waals surface area contributed by atoms with Crippen LogP contribution < -0.4 is 20.5 Å². The molecule has 0 spiro atoms. The van der Waals surface area contributed by atoms with Gasteiger partial charge in [-0.2, -0.15) is 9.35 Å². The fourth-order valence-corrected chi connectivity index (χ4v) is 5.11. The molecule has 12 heteroatoms. The molecule has 0 saturated carbocycles. The molecule has 0 unspecified atom stereocenters. The molecule has 2 aromatic heterocycles. The summed E-state index contributed by atoms with van der Waals surface area (Å²) in [6, 6.07) is 7.73. The lowest BCUT2D eigenvalue weighted by Crippen LogP contribution is -2.34. The van der Waals surface area contributed by atoms with E-state index in [0.717, 1.165) is 6.20 Å². The molecule has 1 aliphatic rings. The maximum absolute atomic E-state index is 14.8. The molecule has 0 fully saturated rings. The maximum Gasteiger partial charge on any atom is 0.270 e. The van der Waals surface area contributed by atoms with Gasteiger partial charge in [-0.05, 0) is 35.7 Å². The van der Waals surface area contributed by atoms with Gasteiger partial charge in [0.25, 0.3) is 5.91 Å². The van der Waals surface area contributed by atoms with Crippen LogP contribution in [0.1, 0.15) is 25.8 Å². The number of nitrogens with two attached hydrogens (primary N) is 1. The highest BCUT2D eigenvalue weighted by molar-refractivity contribution is 7.92. The van der Waals surface area contributed by atoms with Crippen molar-refractivity contribution in [3.63, 3.8) is 0 Å². The molecular formula is C26H29F2N5O4S. The van der Waals surface area contributed by atoms with Gasteiger partial charge < -0.3 is 20.5 Å². The zero-order valence-corrected chi connectivity index (χ0v) is 22.1. The molecule has 38 heavy (non-hydrogen) atoms. The van der Waals surface area contributed by atoms with Gasteiger partial charge in [0, 0.05) is 35.9 Å². The van der Waals surface area contributed by atoms with Gasteiger partial charge in [-0.25, -0.2) is 18.0 Å². The summed E-state index contributed by atoms with van der Waals surface area (Å²) >= 11 is 0. The molecule has 4 rings (SSSR count). The van der Waals surface area contributed by atoms with Crippen LogP contribution in [-0.2, 0) is 20.3 Å². The fourth-order valence-electron chi connectivity index (χ4n) is 3.76. The predicted molar refractivity (Wildman–Crippen MR) is 141 cm³/mol. The van der Waals surface area contributed by atoms with Gasteiger partial charge in [-0.15, -0.1) is 0 Å². The predicted octanol–water partition coefficient (Wildman–Crippen LogP) is 4.43. The molecule has 0 aliphatic carbocycles. The van der Waals surface area contributed by atoms with Gasteiger partial charge in [0.2, 0.25) is 5.88 Å². The Hall–Kier alpha value is -3.64. The Labute approximate surface area is 220 Å². The molecule has 202 valence electrons. The Morgan fingerprint density at radius 2 is 1.89 bits per heavy atom. The molecule has 0 saturated heterocycles. The largest absolute Gasteiger partial charge is 0.493 e. The average molecular weight is 546 g/mol. The van der Waals surface area contributed by atoms with E-state index < -0.39 is 33.3 Å².